The van der Waals surface area contributed by atoms with Crippen molar-refractivity contribution >= 4 is 10.8 Å². The third kappa shape index (κ3) is 3.27. The summed E-state index contributed by atoms with van der Waals surface area (Å²) in [6.07, 6.45) is 3.51. The van der Waals surface area contributed by atoms with Crippen molar-refractivity contribution < 1.29 is 4.74 Å². The molecule has 0 unspecified atom stereocenters. The van der Waals surface area contributed by atoms with Crippen molar-refractivity contribution in [2.45, 2.75) is 39.2 Å². The van der Waals surface area contributed by atoms with Gasteiger partial charge in [-0.15, -0.1) is 0 Å². The van der Waals surface area contributed by atoms with Gasteiger partial charge in [-0.2, -0.15) is 0 Å². The molecule has 2 nitrogen and oxygen atoms in total. The van der Waals surface area contributed by atoms with Crippen LogP contribution >= 0.6 is 0 Å². The highest BCUT2D eigenvalue weighted by Crippen LogP contribution is 2.33. The molecule has 0 heterocycles. The van der Waals surface area contributed by atoms with Gasteiger partial charge in [-0.3, -0.25) is 0 Å². The molecule has 0 aliphatic heterocycles. The molecule has 102 valence electrons. The van der Waals surface area contributed by atoms with E-state index < -0.39 is 0 Å². The quantitative estimate of drug-likeness (QED) is 0.777. The summed E-state index contributed by atoms with van der Waals surface area (Å²) in [5.74, 6) is 0.962. The van der Waals surface area contributed by atoms with Crippen LogP contribution in [0.15, 0.2) is 36.4 Å². The monoisotopic (exact) mass is 257 g/mol. The Labute approximate surface area is 115 Å². The number of unbranched alkanes of at least 4 members (excludes halogenated alkanes) is 2. The molecule has 2 aromatic carbocycles. The van der Waals surface area contributed by atoms with Crippen LogP contribution in [0.3, 0.4) is 0 Å². The van der Waals surface area contributed by atoms with E-state index in [1.54, 1.807) is 0 Å². The Morgan fingerprint density at radius 2 is 1.89 bits per heavy atom. The minimum atomic E-state index is -0.00854. The Morgan fingerprint density at radius 3 is 2.63 bits per heavy atom. The molecule has 0 saturated heterocycles. The highest BCUT2D eigenvalue weighted by Gasteiger charge is 2.11. The fourth-order valence-electron chi connectivity index (χ4n) is 2.31. The molecule has 0 bridgehead atoms. The van der Waals surface area contributed by atoms with Gasteiger partial charge in [-0.05, 0) is 18.7 Å². The summed E-state index contributed by atoms with van der Waals surface area (Å²) in [5.41, 5.74) is 7.15. The molecule has 1 atom stereocenters. The predicted molar refractivity (Wildman–Crippen MR) is 81.6 cm³/mol. The van der Waals surface area contributed by atoms with Gasteiger partial charge in [0.25, 0.3) is 0 Å². The fraction of sp³-hybridized carbons (Fsp3) is 0.412. The van der Waals surface area contributed by atoms with Crippen molar-refractivity contribution in [3.05, 3.63) is 42.0 Å². The van der Waals surface area contributed by atoms with E-state index in [4.69, 9.17) is 10.5 Å². The van der Waals surface area contributed by atoms with Crippen LogP contribution in [0, 0.1) is 0 Å². The van der Waals surface area contributed by atoms with E-state index in [9.17, 15) is 0 Å². The first-order valence-electron chi connectivity index (χ1n) is 7.14. The zero-order valence-electron chi connectivity index (χ0n) is 11.9. The number of hydrogen-bond acceptors (Lipinski definition) is 2. The Morgan fingerprint density at radius 1 is 1.11 bits per heavy atom. The lowest BCUT2D eigenvalue weighted by Gasteiger charge is -2.16. The Bertz CT molecular complexity index is 534. The van der Waals surface area contributed by atoms with Gasteiger partial charge in [0, 0.05) is 17.0 Å². The molecule has 0 saturated carbocycles. The van der Waals surface area contributed by atoms with E-state index in [2.05, 4.69) is 37.3 Å². The average molecular weight is 257 g/mol. The molecular weight excluding hydrogens is 234 g/mol. The first kappa shape index (κ1) is 13.9. The van der Waals surface area contributed by atoms with Crippen LogP contribution in [0.4, 0.5) is 0 Å². The molecule has 0 aliphatic carbocycles. The van der Waals surface area contributed by atoms with Crippen LogP contribution in [-0.2, 0) is 0 Å². The molecule has 0 spiro atoms. The van der Waals surface area contributed by atoms with Crippen molar-refractivity contribution in [1.82, 2.24) is 0 Å². The summed E-state index contributed by atoms with van der Waals surface area (Å²) in [5, 5.41) is 2.37. The highest BCUT2D eigenvalue weighted by atomic mass is 16.5. The van der Waals surface area contributed by atoms with Crippen molar-refractivity contribution in [3.63, 3.8) is 0 Å². The van der Waals surface area contributed by atoms with Crippen LogP contribution in [0.2, 0.25) is 0 Å². The summed E-state index contributed by atoms with van der Waals surface area (Å²) in [7, 11) is 0. The summed E-state index contributed by atoms with van der Waals surface area (Å²) < 4.78 is 6.03. The summed E-state index contributed by atoms with van der Waals surface area (Å²) in [6, 6.07) is 12.5. The lowest BCUT2D eigenvalue weighted by molar-refractivity contribution is 0.305. The highest BCUT2D eigenvalue weighted by molar-refractivity contribution is 5.89. The number of benzene rings is 2. The van der Waals surface area contributed by atoms with E-state index in [0.29, 0.717) is 0 Å². The van der Waals surface area contributed by atoms with Crippen LogP contribution < -0.4 is 10.5 Å². The molecule has 2 heteroatoms. The van der Waals surface area contributed by atoms with E-state index in [1.165, 1.54) is 18.2 Å². The van der Waals surface area contributed by atoms with Gasteiger partial charge in [0.15, 0.2) is 0 Å². The molecule has 2 N–H and O–H groups in total. The van der Waals surface area contributed by atoms with Crippen LogP contribution in [0.5, 0.6) is 5.75 Å². The third-order valence-electron chi connectivity index (χ3n) is 3.39. The molecule has 2 aromatic rings. The van der Waals surface area contributed by atoms with Gasteiger partial charge in [0.05, 0.1) is 6.61 Å². The van der Waals surface area contributed by atoms with Gasteiger partial charge in [-0.1, -0.05) is 56.2 Å². The van der Waals surface area contributed by atoms with Gasteiger partial charge in [0.1, 0.15) is 5.75 Å². The minimum absolute atomic E-state index is 0.00854. The lowest BCUT2D eigenvalue weighted by Crippen LogP contribution is -2.09. The molecule has 0 amide bonds. The topological polar surface area (TPSA) is 35.2 Å². The minimum Gasteiger partial charge on any atom is -0.493 e. The lowest BCUT2D eigenvalue weighted by atomic mass is 10.0. The second-order valence-electron chi connectivity index (χ2n) is 5.05. The van der Waals surface area contributed by atoms with Crippen LogP contribution in [0.25, 0.3) is 10.8 Å². The summed E-state index contributed by atoms with van der Waals surface area (Å²) >= 11 is 0. The maximum absolute atomic E-state index is 6.06. The van der Waals surface area contributed by atoms with E-state index >= 15 is 0 Å². The molecule has 0 radical (unpaired) electrons. The number of fused-ring (bicyclic) bond motifs is 1. The van der Waals surface area contributed by atoms with E-state index in [0.717, 1.165) is 29.7 Å². The maximum atomic E-state index is 6.06. The Hall–Kier alpha value is -1.54. The van der Waals surface area contributed by atoms with Crippen molar-refractivity contribution in [3.8, 4) is 5.75 Å². The Kier molecular flexibility index (Phi) is 4.80. The molecular formula is C17H23NO. The first-order chi connectivity index (χ1) is 9.24. The number of hydrogen-bond donors (Lipinski definition) is 1. The zero-order valence-corrected chi connectivity index (χ0v) is 11.9. The Balaban J connectivity index is 2.33. The molecule has 0 aromatic heterocycles. The SMILES string of the molecule is CCCCCOc1c([C@@H](C)N)ccc2ccccc12. The maximum Gasteiger partial charge on any atom is 0.131 e. The van der Waals surface area contributed by atoms with Crippen LogP contribution in [-0.4, -0.2) is 6.61 Å². The third-order valence-corrected chi connectivity index (χ3v) is 3.39. The summed E-state index contributed by atoms with van der Waals surface area (Å²) in [4.78, 5) is 0. The number of nitrogens with two attached hydrogens (primary N) is 1. The molecule has 0 aliphatic rings. The first-order valence-corrected chi connectivity index (χ1v) is 7.14. The fourth-order valence-corrected chi connectivity index (χ4v) is 2.31. The number of ether oxygens (including phenoxy) is 1. The second-order valence-corrected chi connectivity index (χ2v) is 5.05. The standard InChI is InChI=1S/C17H23NO/c1-3-4-7-12-19-17-15(13(2)18)11-10-14-8-5-6-9-16(14)17/h5-6,8-11,13H,3-4,7,12,18H2,1-2H3/t13-/m1/s1. The van der Waals surface area contributed by atoms with Crippen molar-refractivity contribution in [2.75, 3.05) is 6.61 Å². The molecule has 0 fully saturated rings. The van der Waals surface area contributed by atoms with Crippen LogP contribution in [0.1, 0.15) is 44.7 Å². The molecule has 2 rings (SSSR count). The molecule has 19 heavy (non-hydrogen) atoms. The smallest absolute Gasteiger partial charge is 0.131 e. The predicted octanol–water partition coefficient (Wildman–Crippen LogP) is 4.43. The van der Waals surface area contributed by atoms with Gasteiger partial charge >= 0.3 is 0 Å². The second kappa shape index (κ2) is 6.58. The van der Waals surface area contributed by atoms with E-state index in [1.807, 2.05) is 13.0 Å². The zero-order chi connectivity index (χ0) is 13.7. The van der Waals surface area contributed by atoms with Crippen molar-refractivity contribution in [1.29, 1.82) is 0 Å². The van der Waals surface area contributed by atoms with Gasteiger partial charge in [-0.25, -0.2) is 0 Å². The van der Waals surface area contributed by atoms with E-state index in [-0.39, 0.29) is 6.04 Å². The van der Waals surface area contributed by atoms with Crippen molar-refractivity contribution in [2.24, 2.45) is 5.73 Å². The summed E-state index contributed by atoms with van der Waals surface area (Å²) in [6.45, 7) is 4.97. The normalized spacial score (nSPS) is 12.6. The number of rotatable bonds is 6. The van der Waals surface area contributed by atoms with Gasteiger partial charge in [0.2, 0.25) is 0 Å². The average Bonchev–Trinajstić information content (AvgIpc) is 2.43. The largest absolute Gasteiger partial charge is 0.493 e. The van der Waals surface area contributed by atoms with Gasteiger partial charge < -0.3 is 10.5 Å².